The van der Waals surface area contributed by atoms with Gasteiger partial charge >= 0.3 is 0 Å². The molecule has 25 heavy (non-hydrogen) atoms. The number of guanidine groups is 1. The number of nitrogens with zero attached hydrogens (tertiary/aromatic N) is 2. The molecule has 2 aromatic carbocycles. The van der Waals surface area contributed by atoms with Crippen molar-refractivity contribution in [3.63, 3.8) is 0 Å². The van der Waals surface area contributed by atoms with E-state index in [1.165, 1.54) is 11.0 Å². The summed E-state index contributed by atoms with van der Waals surface area (Å²) in [6.45, 7) is 3.38. The number of benzene rings is 2. The molecule has 0 amide bonds. The molecular formula is C18H22N4O2S. The Balaban J connectivity index is 1.80. The number of nitrogens with one attached hydrogen (secondary N) is 2. The van der Waals surface area contributed by atoms with Gasteiger partial charge in [0.2, 0.25) is 0 Å². The Morgan fingerprint density at radius 1 is 1.20 bits per heavy atom. The standard InChI is InChI=1S/C18H22N4O2S/c1-14(25-17-9-4-3-5-10-17)12-20-18(19-2)21-13-15-7-6-8-16(11-15)22(23)24/h3-11,14H,12-13H2,1-2H3,(H2,19,20,21). The molecule has 7 heteroatoms. The number of rotatable bonds is 7. The van der Waals surface area contributed by atoms with Crippen molar-refractivity contribution in [3.8, 4) is 0 Å². The highest BCUT2D eigenvalue weighted by atomic mass is 32.2. The molecule has 0 fully saturated rings. The molecule has 0 aromatic heterocycles. The van der Waals surface area contributed by atoms with E-state index in [1.54, 1.807) is 30.9 Å². The average molecular weight is 358 g/mol. The maximum atomic E-state index is 10.8. The third-order valence-corrected chi connectivity index (χ3v) is 4.56. The van der Waals surface area contributed by atoms with Crippen molar-refractivity contribution >= 4 is 23.4 Å². The molecule has 0 aliphatic rings. The number of nitro groups is 1. The minimum atomic E-state index is -0.390. The molecule has 0 heterocycles. The van der Waals surface area contributed by atoms with Crippen LogP contribution >= 0.6 is 11.8 Å². The van der Waals surface area contributed by atoms with E-state index in [0.717, 1.165) is 12.1 Å². The number of aliphatic imine (C=N–C) groups is 1. The van der Waals surface area contributed by atoms with Crippen molar-refractivity contribution in [1.29, 1.82) is 0 Å². The van der Waals surface area contributed by atoms with E-state index in [2.05, 4.69) is 34.7 Å². The van der Waals surface area contributed by atoms with Crippen molar-refractivity contribution in [2.24, 2.45) is 4.99 Å². The Bertz CT molecular complexity index is 722. The Morgan fingerprint density at radius 2 is 1.96 bits per heavy atom. The zero-order chi connectivity index (χ0) is 18.1. The molecule has 0 spiro atoms. The largest absolute Gasteiger partial charge is 0.355 e. The first-order valence-electron chi connectivity index (χ1n) is 7.98. The summed E-state index contributed by atoms with van der Waals surface area (Å²) >= 11 is 1.80. The van der Waals surface area contributed by atoms with Gasteiger partial charge in [0.05, 0.1) is 4.92 Å². The number of thioether (sulfide) groups is 1. The molecule has 2 N–H and O–H groups in total. The molecule has 0 saturated carbocycles. The van der Waals surface area contributed by atoms with Crippen LogP contribution in [0.4, 0.5) is 5.69 Å². The molecule has 0 aliphatic heterocycles. The van der Waals surface area contributed by atoms with Crippen LogP contribution in [0.3, 0.4) is 0 Å². The van der Waals surface area contributed by atoms with E-state index in [9.17, 15) is 10.1 Å². The number of nitro benzene ring substituents is 1. The molecule has 2 rings (SSSR count). The van der Waals surface area contributed by atoms with E-state index in [-0.39, 0.29) is 10.6 Å². The lowest BCUT2D eigenvalue weighted by Gasteiger charge is -2.16. The van der Waals surface area contributed by atoms with Gasteiger partial charge in [-0.1, -0.05) is 37.3 Å². The lowest BCUT2D eigenvalue weighted by molar-refractivity contribution is -0.384. The van der Waals surface area contributed by atoms with Crippen molar-refractivity contribution in [2.45, 2.75) is 23.6 Å². The second kappa shape index (κ2) is 9.68. The van der Waals surface area contributed by atoms with Crippen LogP contribution in [0.5, 0.6) is 0 Å². The maximum absolute atomic E-state index is 10.8. The Kier molecular flexibility index (Phi) is 7.28. The van der Waals surface area contributed by atoms with E-state index in [1.807, 2.05) is 24.3 Å². The first-order chi connectivity index (χ1) is 12.1. The van der Waals surface area contributed by atoms with Crippen LogP contribution in [0.1, 0.15) is 12.5 Å². The summed E-state index contributed by atoms with van der Waals surface area (Å²) < 4.78 is 0. The normalized spacial score (nSPS) is 12.5. The van der Waals surface area contributed by atoms with Crippen molar-refractivity contribution in [1.82, 2.24) is 10.6 Å². The lowest BCUT2D eigenvalue weighted by atomic mass is 10.2. The number of hydrogen-bond acceptors (Lipinski definition) is 4. The van der Waals surface area contributed by atoms with Gasteiger partial charge in [-0.25, -0.2) is 0 Å². The van der Waals surface area contributed by atoms with Gasteiger partial charge in [0.15, 0.2) is 5.96 Å². The third-order valence-electron chi connectivity index (χ3n) is 3.44. The van der Waals surface area contributed by atoms with Crippen LogP contribution in [0.2, 0.25) is 0 Å². The third kappa shape index (κ3) is 6.46. The molecule has 132 valence electrons. The summed E-state index contributed by atoms with van der Waals surface area (Å²) in [7, 11) is 1.71. The molecule has 0 saturated heterocycles. The van der Waals surface area contributed by atoms with Gasteiger partial charge in [-0.2, -0.15) is 0 Å². The first kappa shape index (κ1) is 18.8. The van der Waals surface area contributed by atoms with Gasteiger partial charge in [0.25, 0.3) is 5.69 Å². The SMILES string of the molecule is CN=C(NCc1cccc([N+](=O)[O-])c1)NCC(C)Sc1ccccc1. The predicted octanol–water partition coefficient (Wildman–Crippen LogP) is 3.44. The summed E-state index contributed by atoms with van der Waals surface area (Å²) in [6.07, 6.45) is 0. The fourth-order valence-electron chi connectivity index (χ4n) is 2.20. The number of hydrogen-bond donors (Lipinski definition) is 2. The quantitative estimate of drug-likeness (QED) is 0.261. The second-order valence-corrected chi connectivity index (χ2v) is 6.99. The van der Waals surface area contributed by atoms with Crippen LogP contribution in [0.25, 0.3) is 0 Å². The van der Waals surface area contributed by atoms with Gasteiger partial charge in [-0.15, -0.1) is 11.8 Å². The average Bonchev–Trinajstić information content (AvgIpc) is 2.63. The molecule has 2 aromatic rings. The van der Waals surface area contributed by atoms with Crippen LogP contribution in [0.15, 0.2) is 64.5 Å². The van der Waals surface area contributed by atoms with Gasteiger partial charge in [0.1, 0.15) is 0 Å². The maximum Gasteiger partial charge on any atom is 0.269 e. The fraction of sp³-hybridized carbons (Fsp3) is 0.278. The molecule has 0 bridgehead atoms. The van der Waals surface area contributed by atoms with Crippen LogP contribution < -0.4 is 10.6 Å². The molecule has 1 atom stereocenters. The highest BCUT2D eigenvalue weighted by Gasteiger charge is 2.08. The lowest BCUT2D eigenvalue weighted by Crippen LogP contribution is -2.39. The minimum absolute atomic E-state index is 0.0927. The van der Waals surface area contributed by atoms with Gasteiger partial charge in [0, 0.05) is 42.4 Å². The summed E-state index contributed by atoms with van der Waals surface area (Å²) in [6, 6.07) is 16.8. The van der Waals surface area contributed by atoms with E-state index in [4.69, 9.17) is 0 Å². The van der Waals surface area contributed by atoms with Crippen LogP contribution in [-0.4, -0.2) is 29.7 Å². The summed E-state index contributed by atoms with van der Waals surface area (Å²) in [4.78, 5) is 15.9. The zero-order valence-electron chi connectivity index (χ0n) is 14.3. The summed E-state index contributed by atoms with van der Waals surface area (Å²) in [5.74, 6) is 0.673. The molecule has 0 aliphatic carbocycles. The highest BCUT2D eigenvalue weighted by Crippen LogP contribution is 2.21. The van der Waals surface area contributed by atoms with Crippen molar-refractivity contribution < 1.29 is 4.92 Å². The van der Waals surface area contributed by atoms with E-state index in [0.29, 0.717) is 17.8 Å². The van der Waals surface area contributed by atoms with Gasteiger partial charge in [-0.3, -0.25) is 15.1 Å². The van der Waals surface area contributed by atoms with Gasteiger partial charge < -0.3 is 10.6 Å². The summed E-state index contributed by atoms with van der Waals surface area (Å²) in [5, 5.41) is 17.7. The highest BCUT2D eigenvalue weighted by molar-refractivity contribution is 8.00. The first-order valence-corrected chi connectivity index (χ1v) is 8.86. The van der Waals surface area contributed by atoms with Crippen LogP contribution in [-0.2, 0) is 6.54 Å². The van der Waals surface area contributed by atoms with E-state index < -0.39 is 0 Å². The molecule has 1 unspecified atom stereocenters. The van der Waals surface area contributed by atoms with Crippen molar-refractivity contribution in [2.75, 3.05) is 13.6 Å². The van der Waals surface area contributed by atoms with E-state index >= 15 is 0 Å². The van der Waals surface area contributed by atoms with Crippen molar-refractivity contribution in [3.05, 3.63) is 70.3 Å². The second-order valence-electron chi connectivity index (χ2n) is 5.48. The molecule has 0 radical (unpaired) electrons. The number of non-ortho nitro benzene ring substituents is 1. The topological polar surface area (TPSA) is 79.6 Å². The van der Waals surface area contributed by atoms with Crippen LogP contribution in [0, 0.1) is 10.1 Å². The zero-order valence-corrected chi connectivity index (χ0v) is 15.1. The summed E-state index contributed by atoms with van der Waals surface area (Å²) in [5.41, 5.74) is 0.930. The van der Waals surface area contributed by atoms with Gasteiger partial charge in [-0.05, 0) is 17.7 Å². The monoisotopic (exact) mass is 358 g/mol. The molecular weight excluding hydrogens is 336 g/mol. The predicted molar refractivity (Wildman–Crippen MR) is 103 cm³/mol. The Hall–Kier alpha value is -2.54. The minimum Gasteiger partial charge on any atom is -0.355 e. The molecule has 6 nitrogen and oxygen atoms in total. The Labute approximate surface area is 151 Å². The Morgan fingerprint density at radius 3 is 2.64 bits per heavy atom. The fourth-order valence-corrected chi connectivity index (χ4v) is 3.15. The smallest absolute Gasteiger partial charge is 0.269 e.